The maximum Gasteiger partial charge on any atom is 0.198 e. The van der Waals surface area contributed by atoms with Crippen molar-refractivity contribution in [1.29, 1.82) is 0 Å². The summed E-state index contributed by atoms with van der Waals surface area (Å²) in [5.74, 6) is 1.08. The van der Waals surface area contributed by atoms with Crippen molar-refractivity contribution >= 4 is 11.6 Å². The molecule has 0 unspecified atom stereocenters. The normalized spacial score (nSPS) is 21.2. The van der Waals surface area contributed by atoms with Gasteiger partial charge in [-0.2, -0.15) is 0 Å². The highest BCUT2D eigenvalue weighted by Gasteiger charge is 2.20. The van der Waals surface area contributed by atoms with Crippen LogP contribution in [0.2, 0.25) is 0 Å². The summed E-state index contributed by atoms with van der Waals surface area (Å²) in [6, 6.07) is 11.7. The fourth-order valence-electron chi connectivity index (χ4n) is 3.81. The quantitative estimate of drug-likeness (QED) is 0.645. The molecule has 0 spiro atoms. The predicted octanol–water partition coefficient (Wildman–Crippen LogP) is 4.73. The first-order valence-corrected chi connectivity index (χ1v) is 9.46. The Balaban J connectivity index is 1.75. The van der Waals surface area contributed by atoms with E-state index >= 15 is 0 Å². The lowest BCUT2D eigenvalue weighted by atomic mass is 9.95. The van der Waals surface area contributed by atoms with Gasteiger partial charge in [0, 0.05) is 18.8 Å². The molecule has 0 amide bonds. The van der Waals surface area contributed by atoms with Crippen LogP contribution in [0.4, 0.5) is 5.69 Å². The van der Waals surface area contributed by atoms with Crippen LogP contribution in [0.25, 0.3) is 0 Å². The lowest BCUT2D eigenvalue weighted by Crippen LogP contribution is -2.46. The predicted molar refractivity (Wildman–Crippen MR) is 99.2 cm³/mol. The molecule has 3 nitrogen and oxygen atoms in total. The van der Waals surface area contributed by atoms with Crippen LogP contribution in [0.3, 0.4) is 0 Å². The van der Waals surface area contributed by atoms with Gasteiger partial charge in [0.1, 0.15) is 0 Å². The highest BCUT2D eigenvalue weighted by Crippen LogP contribution is 2.22. The Morgan fingerprint density at radius 1 is 0.913 bits per heavy atom. The molecular weight excluding hydrogens is 282 g/mol. The Morgan fingerprint density at radius 3 is 2.17 bits per heavy atom. The average Bonchev–Trinajstić information content (AvgIpc) is 2.63. The third kappa shape index (κ3) is 4.73. The number of hydrogen-bond acceptors (Lipinski definition) is 1. The number of para-hydroxylation sites is 1. The zero-order valence-corrected chi connectivity index (χ0v) is 14.5. The summed E-state index contributed by atoms with van der Waals surface area (Å²) >= 11 is 0. The molecule has 0 atom stereocenters. The van der Waals surface area contributed by atoms with Gasteiger partial charge in [-0.25, -0.2) is 4.99 Å². The minimum Gasteiger partial charge on any atom is -0.353 e. The number of hydrogen-bond donors (Lipinski definition) is 1. The number of nitrogens with zero attached hydrogens (tertiary/aromatic N) is 2. The molecule has 2 fully saturated rings. The number of rotatable bonds is 3. The monoisotopic (exact) mass is 313 g/mol. The van der Waals surface area contributed by atoms with Crippen LogP contribution in [-0.2, 0) is 0 Å². The second kappa shape index (κ2) is 8.37. The highest BCUT2D eigenvalue weighted by molar-refractivity contribution is 5.95. The summed E-state index contributed by atoms with van der Waals surface area (Å²) in [6.45, 7) is 0. The zero-order valence-electron chi connectivity index (χ0n) is 14.5. The molecule has 2 aliphatic rings. The van der Waals surface area contributed by atoms with E-state index in [9.17, 15) is 0 Å². The van der Waals surface area contributed by atoms with E-state index < -0.39 is 0 Å². The van der Waals surface area contributed by atoms with Crippen molar-refractivity contribution in [3.05, 3.63) is 30.3 Å². The third-order valence-electron chi connectivity index (χ3n) is 5.28. The first kappa shape index (κ1) is 16.4. The minimum atomic E-state index is 0.501. The number of benzene rings is 1. The van der Waals surface area contributed by atoms with Gasteiger partial charge in [0.15, 0.2) is 5.96 Å². The second-order valence-corrected chi connectivity index (χ2v) is 7.12. The molecule has 0 saturated heterocycles. The Hall–Kier alpha value is -1.51. The zero-order chi connectivity index (χ0) is 15.9. The molecule has 1 N–H and O–H groups in total. The van der Waals surface area contributed by atoms with Crippen molar-refractivity contribution in [2.75, 3.05) is 11.9 Å². The van der Waals surface area contributed by atoms with Crippen LogP contribution in [0.5, 0.6) is 0 Å². The second-order valence-electron chi connectivity index (χ2n) is 7.12. The van der Waals surface area contributed by atoms with E-state index in [1.807, 2.05) is 0 Å². The van der Waals surface area contributed by atoms with Gasteiger partial charge >= 0.3 is 0 Å². The Bertz CT molecular complexity index is 485. The van der Waals surface area contributed by atoms with Gasteiger partial charge in [-0.05, 0) is 37.8 Å². The Labute approximate surface area is 141 Å². The summed E-state index contributed by atoms with van der Waals surface area (Å²) < 4.78 is 0. The van der Waals surface area contributed by atoms with Crippen molar-refractivity contribution in [2.24, 2.45) is 4.99 Å². The van der Waals surface area contributed by atoms with E-state index in [1.165, 1.54) is 69.9 Å². The average molecular weight is 313 g/mol. The molecular formula is C20H31N3. The molecule has 0 bridgehead atoms. The van der Waals surface area contributed by atoms with Crippen molar-refractivity contribution in [3.8, 4) is 0 Å². The summed E-state index contributed by atoms with van der Waals surface area (Å²) in [5.41, 5.74) is 1.21. The van der Waals surface area contributed by atoms with Gasteiger partial charge < -0.3 is 10.2 Å². The van der Waals surface area contributed by atoms with Gasteiger partial charge in [-0.1, -0.05) is 56.7 Å². The van der Waals surface area contributed by atoms with Gasteiger partial charge in [0.25, 0.3) is 0 Å². The number of aliphatic imine (C=N–C) groups is 1. The van der Waals surface area contributed by atoms with Gasteiger partial charge in [-0.3, -0.25) is 0 Å². The summed E-state index contributed by atoms with van der Waals surface area (Å²) in [7, 11) is 2.15. The fourth-order valence-corrected chi connectivity index (χ4v) is 3.81. The molecule has 2 aliphatic carbocycles. The van der Waals surface area contributed by atoms with Crippen LogP contribution in [0.15, 0.2) is 35.3 Å². The molecule has 0 radical (unpaired) electrons. The molecule has 0 aliphatic heterocycles. The molecule has 3 rings (SSSR count). The van der Waals surface area contributed by atoms with Crippen molar-refractivity contribution in [3.63, 3.8) is 0 Å². The fraction of sp³-hybridized carbons (Fsp3) is 0.650. The Kier molecular flexibility index (Phi) is 5.95. The largest absolute Gasteiger partial charge is 0.353 e. The van der Waals surface area contributed by atoms with Crippen LogP contribution in [-0.4, -0.2) is 25.1 Å². The van der Waals surface area contributed by atoms with Crippen molar-refractivity contribution in [2.45, 2.75) is 76.3 Å². The minimum absolute atomic E-state index is 0.501. The summed E-state index contributed by atoms with van der Waals surface area (Å²) in [5, 5.41) is 3.78. The topological polar surface area (TPSA) is 27.6 Å². The van der Waals surface area contributed by atoms with E-state index in [1.54, 1.807) is 0 Å². The molecule has 2 saturated carbocycles. The molecule has 3 heteroatoms. The summed E-state index contributed by atoms with van der Waals surface area (Å²) in [6.07, 6.45) is 13.2. The molecule has 0 aromatic heterocycles. The van der Waals surface area contributed by atoms with E-state index in [-0.39, 0.29) is 0 Å². The molecule has 0 heterocycles. The van der Waals surface area contributed by atoms with Crippen LogP contribution in [0, 0.1) is 0 Å². The highest BCUT2D eigenvalue weighted by atomic mass is 15.3. The van der Waals surface area contributed by atoms with Gasteiger partial charge in [-0.15, -0.1) is 0 Å². The summed E-state index contributed by atoms with van der Waals surface area (Å²) in [4.78, 5) is 7.38. The van der Waals surface area contributed by atoms with E-state index in [0.717, 1.165) is 5.96 Å². The smallest absolute Gasteiger partial charge is 0.198 e. The van der Waals surface area contributed by atoms with E-state index in [2.05, 4.69) is 47.6 Å². The van der Waals surface area contributed by atoms with Crippen LogP contribution < -0.4 is 10.2 Å². The number of anilines is 1. The van der Waals surface area contributed by atoms with Crippen LogP contribution >= 0.6 is 0 Å². The van der Waals surface area contributed by atoms with Gasteiger partial charge in [0.05, 0.1) is 6.04 Å². The van der Waals surface area contributed by atoms with E-state index in [0.29, 0.717) is 12.1 Å². The van der Waals surface area contributed by atoms with Crippen molar-refractivity contribution < 1.29 is 0 Å². The first-order chi connectivity index (χ1) is 11.3. The molecule has 126 valence electrons. The standard InChI is InChI=1S/C20H31N3/c1-23(19-15-9-4-10-16-19)20(21-17-11-5-2-6-12-17)22-18-13-7-3-8-14-18/h4,9-10,15-18H,2-3,5-8,11-14H2,1H3,(H,21,22). The maximum absolute atomic E-state index is 5.14. The lowest BCUT2D eigenvalue weighted by Gasteiger charge is -2.31. The third-order valence-corrected chi connectivity index (χ3v) is 5.28. The maximum atomic E-state index is 5.14. The SMILES string of the molecule is CN(C(=NC1CCCCC1)NC1CCCCC1)c1ccccc1. The lowest BCUT2D eigenvalue weighted by molar-refractivity contribution is 0.407. The van der Waals surface area contributed by atoms with Gasteiger partial charge in [0.2, 0.25) is 0 Å². The molecule has 1 aromatic carbocycles. The van der Waals surface area contributed by atoms with E-state index in [4.69, 9.17) is 4.99 Å². The Morgan fingerprint density at radius 2 is 1.52 bits per heavy atom. The molecule has 23 heavy (non-hydrogen) atoms. The first-order valence-electron chi connectivity index (χ1n) is 9.46. The number of nitrogens with one attached hydrogen (secondary N) is 1. The number of guanidine groups is 1. The van der Waals surface area contributed by atoms with Crippen molar-refractivity contribution in [1.82, 2.24) is 5.32 Å². The van der Waals surface area contributed by atoms with Crippen LogP contribution in [0.1, 0.15) is 64.2 Å². The molecule has 1 aromatic rings.